The van der Waals surface area contributed by atoms with Gasteiger partial charge in [-0.3, -0.25) is 5.10 Å². The van der Waals surface area contributed by atoms with Crippen molar-refractivity contribution in [1.82, 2.24) is 10.2 Å². The van der Waals surface area contributed by atoms with Crippen LogP contribution in [0.4, 0.5) is 0 Å². The van der Waals surface area contributed by atoms with Crippen LogP contribution >= 0.6 is 23.2 Å². The van der Waals surface area contributed by atoms with Crippen LogP contribution in [0.5, 0.6) is 0 Å². The number of halogens is 2. The summed E-state index contributed by atoms with van der Waals surface area (Å²) in [6.07, 6.45) is 1.68. The molecule has 0 saturated heterocycles. The van der Waals surface area contributed by atoms with Crippen molar-refractivity contribution in [2.24, 2.45) is 0 Å². The monoisotopic (exact) mass is 226 g/mol. The van der Waals surface area contributed by atoms with Gasteiger partial charge in [0.1, 0.15) is 5.38 Å². The second-order valence-electron chi connectivity index (χ2n) is 2.93. The molecule has 0 bridgehead atoms. The molecule has 1 heterocycles. The highest BCUT2D eigenvalue weighted by Gasteiger charge is 2.11. The summed E-state index contributed by atoms with van der Waals surface area (Å²) in [5, 5.41) is 7.20. The average molecular weight is 227 g/mol. The number of alkyl halides is 1. The van der Waals surface area contributed by atoms with Gasteiger partial charge in [0, 0.05) is 11.2 Å². The first-order valence-electron chi connectivity index (χ1n) is 4.16. The van der Waals surface area contributed by atoms with Gasteiger partial charge in [-0.05, 0) is 23.8 Å². The minimum Gasteiger partial charge on any atom is -0.281 e. The maximum Gasteiger partial charge on any atom is 0.100 e. The minimum absolute atomic E-state index is 0.199. The van der Waals surface area contributed by atoms with Gasteiger partial charge in [-0.2, -0.15) is 5.10 Å². The molecule has 0 aliphatic carbocycles. The fraction of sp³-hybridized carbons (Fsp3) is 0.100. The Kier molecular flexibility index (Phi) is 2.75. The summed E-state index contributed by atoms with van der Waals surface area (Å²) in [7, 11) is 0. The predicted octanol–water partition coefficient (Wildman–Crippen LogP) is 3.39. The summed E-state index contributed by atoms with van der Waals surface area (Å²) in [6, 6.07) is 9.30. The summed E-state index contributed by atoms with van der Waals surface area (Å²) in [5.41, 5.74) is 1.88. The van der Waals surface area contributed by atoms with Gasteiger partial charge in [0.05, 0.1) is 5.69 Å². The van der Waals surface area contributed by atoms with Crippen molar-refractivity contribution >= 4 is 23.2 Å². The number of hydrogen-bond donors (Lipinski definition) is 1. The quantitative estimate of drug-likeness (QED) is 0.782. The molecule has 1 aromatic carbocycles. The Labute approximate surface area is 91.9 Å². The molecule has 1 unspecified atom stereocenters. The maximum absolute atomic E-state index is 6.21. The standard InChI is InChI=1S/C10H8Cl2N2/c11-8-3-1-7(2-4-8)10(12)9-5-6-13-14-9/h1-6,10H,(H,13,14). The zero-order chi connectivity index (χ0) is 9.97. The molecule has 0 amide bonds. The molecule has 2 nitrogen and oxygen atoms in total. The van der Waals surface area contributed by atoms with Crippen molar-refractivity contribution in [2.75, 3.05) is 0 Å². The molecule has 0 saturated carbocycles. The van der Waals surface area contributed by atoms with Crippen molar-refractivity contribution in [1.29, 1.82) is 0 Å². The lowest BCUT2D eigenvalue weighted by Gasteiger charge is -2.06. The van der Waals surface area contributed by atoms with E-state index in [9.17, 15) is 0 Å². The smallest absolute Gasteiger partial charge is 0.100 e. The number of rotatable bonds is 2. The normalized spacial score (nSPS) is 12.7. The zero-order valence-corrected chi connectivity index (χ0v) is 8.76. The zero-order valence-electron chi connectivity index (χ0n) is 7.24. The number of benzene rings is 1. The Balaban J connectivity index is 2.28. The Hall–Kier alpha value is -0.990. The molecule has 0 radical (unpaired) electrons. The van der Waals surface area contributed by atoms with Crippen LogP contribution in [-0.4, -0.2) is 10.2 Å². The van der Waals surface area contributed by atoms with Crippen LogP contribution < -0.4 is 0 Å². The molecule has 0 aliphatic rings. The highest BCUT2D eigenvalue weighted by molar-refractivity contribution is 6.30. The molecule has 2 aromatic rings. The number of nitrogens with zero attached hydrogens (tertiary/aromatic N) is 1. The van der Waals surface area contributed by atoms with E-state index in [-0.39, 0.29) is 5.38 Å². The van der Waals surface area contributed by atoms with Crippen LogP contribution in [-0.2, 0) is 0 Å². The van der Waals surface area contributed by atoms with Crippen molar-refractivity contribution < 1.29 is 0 Å². The van der Waals surface area contributed by atoms with Gasteiger partial charge >= 0.3 is 0 Å². The highest BCUT2D eigenvalue weighted by atomic mass is 35.5. The molecule has 2 rings (SSSR count). The van der Waals surface area contributed by atoms with E-state index in [1.54, 1.807) is 6.20 Å². The number of hydrogen-bond acceptors (Lipinski definition) is 1. The second kappa shape index (κ2) is 4.03. The summed E-state index contributed by atoms with van der Waals surface area (Å²) < 4.78 is 0. The van der Waals surface area contributed by atoms with Crippen molar-refractivity contribution in [3.8, 4) is 0 Å². The van der Waals surface area contributed by atoms with Gasteiger partial charge in [-0.1, -0.05) is 23.7 Å². The van der Waals surface area contributed by atoms with E-state index < -0.39 is 0 Å². The largest absolute Gasteiger partial charge is 0.281 e. The molecular formula is C10H8Cl2N2. The van der Waals surface area contributed by atoms with Crippen LogP contribution in [0.15, 0.2) is 36.5 Å². The SMILES string of the molecule is Clc1ccc(C(Cl)c2ccn[nH]2)cc1. The molecular weight excluding hydrogens is 219 g/mol. The van der Waals surface area contributed by atoms with Gasteiger partial charge in [0.2, 0.25) is 0 Å². The number of nitrogens with one attached hydrogen (secondary N) is 1. The molecule has 0 aliphatic heterocycles. The Bertz CT molecular complexity index is 395. The van der Waals surface area contributed by atoms with Gasteiger partial charge in [-0.25, -0.2) is 0 Å². The first-order valence-corrected chi connectivity index (χ1v) is 4.97. The fourth-order valence-electron chi connectivity index (χ4n) is 1.22. The van der Waals surface area contributed by atoms with E-state index in [0.717, 1.165) is 11.3 Å². The molecule has 4 heteroatoms. The predicted molar refractivity (Wildman–Crippen MR) is 57.7 cm³/mol. The van der Waals surface area contributed by atoms with Crippen LogP contribution in [0.25, 0.3) is 0 Å². The lowest BCUT2D eigenvalue weighted by atomic mass is 10.1. The lowest BCUT2D eigenvalue weighted by molar-refractivity contribution is 0.977. The van der Waals surface area contributed by atoms with Crippen molar-refractivity contribution in [3.63, 3.8) is 0 Å². The van der Waals surface area contributed by atoms with Crippen LogP contribution in [0, 0.1) is 0 Å². The average Bonchev–Trinajstić information content (AvgIpc) is 2.71. The summed E-state index contributed by atoms with van der Waals surface area (Å²) >= 11 is 12.0. The second-order valence-corrected chi connectivity index (χ2v) is 3.80. The van der Waals surface area contributed by atoms with Crippen molar-refractivity contribution in [3.05, 3.63) is 52.8 Å². The summed E-state index contributed by atoms with van der Waals surface area (Å²) in [6.45, 7) is 0. The molecule has 1 atom stereocenters. The molecule has 72 valence electrons. The minimum atomic E-state index is -0.199. The molecule has 14 heavy (non-hydrogen) atoms. The molecule has 0 fully saturated rings. The van der Waals surface area contributed by atoms with Crippen molar-refractivity contribution in [2.45, 2.75) is 5.38 Å². The number of aromatic amines is 1. The topological polar surface area (TPSA) is 28.7 Å². The molecule has 0 spiro atoms. The maximum atomic E-state index is 6.21. The lowest BCUT2D eigenvalue weighted by Crippen LogP contribution is -1.93. The first-order chi connectivity index (χ1) is 6.77. The Morgan fingerprint density at radius 2 is 1.86 bits per heavy atom. The van der Waals surface area contributed by atoms with Crippen LogP contribution in [0.2, 0.25) is 5.02 Å². The van der Waals surface area contributed by atoms with Gasteiger partial charge in [0.25, 0.3) is 0 Å². The van der Waals surface area contributed by atoms with Gasteiger partial charge in [-0.15, -0.1) is 11.6 Å². The summed E-state index contributed by atoms with van der Waals surface area (Å²) in [4.78, 5) is 0. The van der Waals surface area contributed by atoms with E-state index in [0.29, 0.717) is 5.02 Å². The third-order valence-corrected chi connectivity index (χ3v) is 2.70. The molecule has 1 aromatic heterocycles. The highest BCUT2D eigenvalue weighted by Crippen LogP contribution is 2.27. The fourth-order valence-corrected chi connectivity index (χ4v) is 1.61. The molecule has 1 N–H and O–H groups in total. The van der Waals surface area contributed by atoms with E-state index in [1.807, 2.05) is 30.3 Å². The van der Waals surface area contributed by atoms with Gasteiger partial charge < -0.3 is 0 Å². The van der Waals surface area contributed by atoms with E-state index in [2.05, 4.69) is 10.2 Å². The van der Waals surface area contributed by atoms with E-state index in [1.165, 1.54) is 0 Å². The number of H-pyrrole nitrogens is 1. The van der Waals surface area contributed by atoms with Crippen LogP contribution in [0.3, 0.4) is 0 Å². The number of aromatic nitrogens is 2. The van der Waals surface area contributed by atoms with Gasteiger partial charge in [0.15, 0.2) is 0 Å². The van der Waals surface area contributed by atoms with E-state index in [4.69, 9.17) is 23.2 Å². The Morgan fingerprint density at radius 1 is 1.14 bits per heavy atom. The van der Waals surface area contributed by atoms with Crippen LogP contribution in [0.1, 0.15) is 16.6 Å². The first kappa shape index (κ1) is 9.56. The third-order valence-electron chi connectivity index (χ3n) is 1.96. The third kappa shape index (κ3) is 1.91. The Morgan fingerprint density at radius 3 is 2.43 bits per heavy atom. The summed E-state index contributed by atoms with van der Waals surface area (Å²) in [5.74, 6) is 0. The van der Waals surface area contributed by atoms with E-state index >= 15 is 0 Å².